The van der Waals surface area contributed by atoms with Gasteiger partial charge in [0.05, 0.1) is 0 Å². The molecule has 0 fully saturated rings. The molecule has 15 heteroatoms. The van der Waals surface area contributed by atoms with E-state index in [-0.39, 0.29) is 29.8 Å². The second kappa shape index (κ2) is 13.9. The maximum atomic E-state index is 12.9. The minimum atomic E-state index is -1.71. The van der Waals surface area contributed by atoms with Gasteiger partial charge in [0.15, 0.2) is 5.78 Å². The molecule has 0 radical (unpaired) electrons. The zero-order chi connectivity index (χ0) is 26.7. The fourth-order valence-corrected chi connectivity index (χ4v) is 3.04. The van der Waals surface area contributed by atoms with Gasteiger partial charge in [0, 0.05) is 29.8 Å². The van der Waals surface area contributed by atoms with E-state index in [1.165, 1.54) is 18.2 Å². The lowest BCUT2D eigenvalue weighted by Gasteiger charge is -2.29. The summed E-state index contributed by atoms with van der Waals surface area (Å²) in [4.78, 5) is 71.3. The summed E-state index contributed by atoms with van der Waals surface area (Å²) in [6.07, 6.45) is -1.24. The first-order chi connectivity index (χ1) is 16.4. The molecule has 14 nitrogen and oxygen atoms in total. The van der Waals surface area contributed by atoms with Crippen LogP contribution in [0, 0.1) is 0 Å². The summed E-state index contributed by atoms with van der Waals surface area (Å²) in [6.45, 7) is -1.01. The number of anilines is 1. The predicted octanol–water partition coefficient (Wildman–Crippen LogP) is -1.68. The van der Waals surface area contributed by atoms with Crippen LogP contribution in [0.5, 0.6) is 0 Å². The Morgan fingerprint density at radius 1 is 1.00 bits per heavy atom. The molecular weight excluding hydrogens is 486 g/mol. The molecule has 0 heterocycles. The number of thiol groups is 1. The van der Waals surface area contributed by atoms with E-state index in [4.69, 9.17) is 16.6 Å². The van der Waals surface area contributed by atoms with Gasteiger partial charge in [0.2, 0.25) is 5.91 Å². The van der Waals surface area contributed by atoms with Gasteiger partial charge in [0.1, 0.15) is 24.7 Å². The van der Waals surface area contributed by atoms with Crippen LogP contribution >= 0.6 is 12.6 Å². The Hall–Kier alpha value is -3.69. The molecule has 2 unspecified atom stereocenters. The van der Waals surface area contributed by atoms with E-state index < -0.39 is 66.6 Å². The number of carboxylic acids is 3. The van der Waals surface area contributed by atoms with Gasteiger partial charge in [-0.3, -0.25) is 33.8 Å². The summed E-state index contributed by atoms with van der Waals surface area (Å²) >= 11 is 3.96. The van der Waals surface area contributed by atoms with E-state index in [1.54, 1.807) is 6.07 Å². The van der Waals surface area contributed by atoms with Crippen LogP contribution in [0.1, 0.15) is 29.6 Å². The fraction of sp³-hybridized carbons (Fsp3) is 0.400. The van der Waals surface area contributed by atoms with Crippen molar-refractivity contribution in [3.05, 3.63) is 29.8 Å². The second-order valence-electron chi connectivity index (χ2n) is 7.34. The number of hydrazine groups is 1. The SMILES string of the molecule is Nc1ccccc1C(=O)C[C@H](NN(CC(=O)O)C(=O)C(CS)NC(=O)CCC(N)C(=O)O)C(=O)O. The predicted molar refractivity (Wildman–Crippen MR) is 124 cm³/mol. The first-order valence-corrected chi connectivity index (χ1v) is 10.8. The number of hydrogen-bond acceptors (Lipinski definition) is 10. The lowest BCUT2D eigenvalue weighted by atomic mass is 10.0. The molecule has 0 aliphatic rings. The summed E-state index contributed by atoms with van der Waals surface area (Å²) in [5, 5.41) is 30.2. The molecule has 3 atom stereocenters. The van der Waals surface area contributed by atoms with Crippen molar-refractivity contribution >= 4 is 53.8 Å². The fourth-order valence-electron chi connectivity index (χ4n) is 2.80. The van der Waals surface area contributed by atoms with E-state index in [0.29, 0.717) is 5.01 Å². The topological polar surface area (TPSA) is 242 Å². The Morgan fingerprint density at radius 3 is 2.14 bits per heavy atom. The van der Waals surface area contributed by atoms with E-state index >= 15 is 0 Å². The Labute approximate surface area is 205 Å². The third kappa shape index (κ3) is 9.60. The number of amides is 2. The van der Waals surface area contributed by atoms with Crippen molar-refractivity contribution in [3.63, 3.8) is 0 Å². The highest BCUT2D eigenvalue weighted by Gasteiger charge is 2.32. The molecule has 0 aliphatic heterocycles. The van der Waals surface area contributed by atoms with E-state index in [1.807, 2.05) is 0 Å². The van der Waals surface area contributed by atoms with Gasteiger partial charge in [-0.05, 0) is 18.6 Å². The number of nitrogen functional groups attached to an aromatic ring is 1. The molecule has 0 spiro atoms. The standard InChI is InChI=1S/C20H27N5O9S/c21-11-4-2-1-3-10(11)15(26)7-13(20(33)34)24-25(8-17(28)29)18(30)14(9-35)23-16(27)6-5-12(22)19(31)32/h1-4,12-14,24,35H,5-9,21-22H2,(H,23,27)(H,28,29)(H,31,32)(H,33,34)/t12?,13-,14?/m0/s1. The maximum absolute atomic E-state index is 12.9. The van der Waals surface area contributed by atoms with Crippen molar-refractivity contribution in [2.45, 2.75) is 37.4 Å². The average molecular weight is 514 g/mol. The number of rotatable bonds is 15. The average Bonchev–Trinajstić information content (AvgIpc) is 2.79. The molecule has 2 amide bonds. The first kappa shape index (κ1) is 29.3. The number of nitrogens with two attached hydrogens (primary N) is 2. The van der Waals surface area contributed by atoms with E-state index in [9.17, 15) is 39.0 Å². The van der Waals surface area contributed by atoms with Crippen molar-refractivity contribution in [1.29, 1.82) is 0 Å². The number of benzene rings is 1. The van der Waals surface area contributed by atoms with Crippen LogP contribution in [-0.4, -0.2) is 86.3 Å². The highest BCUT2D eigenvalue weighted by Crippen LogP contribution is 2.14. The van der Waals surface area contributed by atoms with Gasteiger partial charge in [-0.2, -0.15) is 12.6 Å². The highest BCUT2D eigenvalue weighted by atomic mass is 32.1. The zero-order valence-corrected chi connectivity index (χ0v) is 19.3. The monoisotopic (exact) mass is 513 g/mol. The van der Waals surface area contributed by atoms with Crippen LogP contribution in [-0.2, 0) is 24.0 Å². The molecule has 0 bridgehead atoms. The van der Waals surface area contributed by atoms with Crippen molar-refractivity contribution < 1.29 is 44.1 Å². The lowest BCUT2D eigenvalue weighted by Crippen LogP contribution is -2.59. The third-order valence-corrected chi connectivity index (χ3v) is 5.00. The van der Waals surface area contributed by atoms with E-state index in [0.717, 1.165) is 0 Å². The number of carbonyl (C=O) groups is 6. The van der Waals surface area contributed by atoms with Gasteiger partial charge >= 0.3 is 17.9 Å². The van der Waals surface area contributed by atoms with Crippen molar-refractivity contribution in [1.82, 2.24) is 15.8 Å². The van der Waals surface area contributed by atoms with Crippen molar-refractivity contribution in [3.8, 4) is 0 Å². The minimum Gasteiger partial charge on any atom is -0.480 e. The molecule has 9 N–H and O–H groups in total. The van der Waals surface area contributed by atoms with Crippen LogP contribution in [0.15, 0.2) is 24.3 Å². The largest absolute Gasteiger partial charge is 0.480 e. The number of nitrogens with one attached hydrogen (secondary N) is 2. The molecule has 192 valence electrons. The van der Waals surface area contributed by atoms with Crippen molar-refractivity contribution in [2.24, 2.45) is 5.73 Å². The smallest absolute Gasteiger partial charge is 0.324 e. The van der Waals surface area contributed by atoms with Crippen LogP contribution in [0.25, 0.3) is 0 Å². The molecule has 1 aromatic carbocycles. The number of para-hydroxylation sites is 1. The Bertz CT molecular complexity index is 974. The summed E-state index contributed by atoms with van der Waals surface area (Å²) in [5.74, 6) is -7.15. The number of carbonyl (C=O) groups excluding carboxylic acids is 3. The summed E-state index contributed by atoms with van der Waals surface area (Å²) in [6, 6.07) is 1.52. The third-order valence-electron chi connectivity index (χ3n) is 4.64. The van der Waals surface area contributed by atoms with Gasteiger partial charge in [-0.25, -0.2) is 5.43 Å². The van der Waals surface area contributed by atoms with Crippen LogP contribution in [0.3, 0.4) is 0 Å². The van der Waals surface area contributed by atoms with Gasteiger partial charge in [0.25, 0.3) is 5.91 Å². The maximum Gasteiger partial charge on any atom is 0.324 e. The molecule has 0 saturated carbocycles. The number of nitrogens with zero attached hydrogens (tertiary/aromatic N) is 1. The summed E-state index contributed by atoms with van der Waals surface area (Å²) in [5.41, 5.74) is 13.4. The van der Waals surface area contributed by atoms with Gasteiger partial charge in [-0.15, -0.1) is 0 Å². The minimum absolute atomic E-state index is 0.0525. The molecule has 0 saturated heterocycles. The highest BCUT2D eigenvalue weighted by molar-refractivity contribution is 7.80. The summed E-state index contributed by atoms with van der Waals surface area (Å²) < 4.78 is 0. The number of Topliss-reactive ketones (excluding diaryl/α,β-unsaturated/α-hetero) is 1. The second-order valence-corrected chi connectivity index (χ2v) is 7.70. The van der Waals surface area contributed by atoms with Gasteiger partial charge in [-0.1, -0.05) is 12.1 Å². The quantitative estimate of drug-likeness (QED) is 0.0567. The number of aliphatic carboxylic acids is 3. The first-order valence-electron chi connectivity index (χ1n) is 10.2. The lowest BCUT2D eigenvalue weighted by molar-refractivity contribution is -0.152. The zero-order valence-electron chi connectivity index (χ0n) is 18.4. The van der Waals surface area contributed by atoms with Crippen molar-refractivity contribution in [2.75, 3.05) is 18.0 Å². The van der Waals surface area contributed by atoms with Gasteiger partial charge < -0.3 is 32.1 Å². The van der Waals surface area contributed by atoms with Crippen LogP contribution < -0.4 is 22.2 Å². The Balaban J connectivity index is 2.99. The Kier molecular flexibility index (Phi) is 11.6. The molecule has 0 aliphatic carbocycles. The van der Waals surface area contributed by atoms with Crippen LogP contribution in [0.2, 0.25) is 0 Å². The number of ketones is 1. The molecular formula is C20H27N5O9S. The molecule has 1 aromatic rings. The Morgan fingerprint density at radius 2 is 1.63 bits per heavy atom. The van der Waals surface area contributed by atoms with Crippen LogP contribution in [0.4, 0.5) is 5.69 Å². The summed E-state index contributed by atoms with van der Waals surface area (Å²) in [7, 11) is 0. The molecule has 35 heavy (non-hydrogen) atoms. The number of carboxylic acid groups (broad SMARTS) is 3. The molecule has 1 rings (SSSR count). The number of hydrogen-bond donors (Lipinski definition) is 8. The van der Waals surface area contributed by atoms with E-state index in [2.05, 4.69) is 23.4 Å². The normalized spacial score (nSPS) is 13.2. The molecule has 0 aromatic heterocycles.